The Morgan fingerprint density at radius 3 is 1.57 bits per heavy atom. The van der Waals surface area contributed by atoms with Crippen molar-refractivity contribution in [2.75, 3.05) is 0 Å². The van der Waals surface area contributed by atoms with E-state index in [0.717, 1.165) is 11.6 Å². The Morgan fingerprint density at radius 1 is 1.21 bits per heavy atom. The standard InChI is InChI=1S/C2H4O4P2.2HO2P/c3-7(4)1-2-8(5)6;2*1-3-2/h1-4H;2*3H/p+2. The molecule has 0 heterocycles. The van der Waals surface area contributed by atoms with Crippen LogP contribution in [-0.2, 0) is 13.7 Å². The van der Waals surface area contributed by atoms with E-state index in [0.29, 0.717) is 0 Å². The molecule has 14 heavy (non-hydrogen) atoms. The molecule has 0 aliphatic heterocycles. The Balaban J connectivity index is -0.000000168. The molecule has 0 fully saturated rings. The van der Waals surface area contributed by atoms with Crippen LogP contribution in [-0.4, -0.2) is 19.6 Å². The fourth-order valence-electron chi connectivity index (χ4n) is 0.114. The van der Waals surface area contributed by atoms with E-state index in [1.165, 1.54) is 0 Å². The van der Waals surface area contributed by atoms with Gasteiger partial charge in [-0.2, -0.15) is 9.79 Å². The predicted molar refractivity (Wildman–Crippen MR) is 50.5 cm³/mol. The van der Waals surface area contributed by atoms with E-state index in [2.05, 4.69) is 0 Å². The molecule has 3 unspecified atom stereocenters. The molecule has 4 N–H and O–H groups in total. The van der Waals surface area contributed by atoms with E-state index in [1.807, 2.05) is 0 Å². The van der Waals surface area contributed by atoms with Crippen LogP contribution < -0.4 is 4.89 Å². The molecule has 0 aliphatic carbocycles. The lowest BCUT2D eigenvalue weighted by Crippen LogP contribution is -1.78. The van der Waals surface area contributed by atoms with Gasteiger partial charge in [-0.15, -0.1) is 0 Å². The first-order valence-corrected chi connectivity index (χ1v) is 6.74. The Kier molecular flexibility index (Phi) is 26.8. The zero-order valence-corrected chi connectivity index (χ0v) is 10.3. The molecule has 12 heteroatoms. The van der Waals surface area contributed by atoms with Crippen LogP contribution in [0.1, 0.15) is 0 Å². The van der Waals surface area contributed by atoms with Crippen molar-refractivity contribution in [1.82, 2.24) is 0 Å². The van der Waals surface area contributed by atoms with Crippen molar-refractivity contribution >= 4 is 33.8 Å². The molecule has 0 spiro atoms. The van der Waals surface area contributed by atoms with Gasteiger partial charge in [0, 0.05) is 5.82 Å². The molecule has 0 rings (SSSR count). The van der Waals surface area contributed by atoms with Gasteiger partial charge in [0.25, 0.3) is 0 Å². The molecule has 0 bridgehead atoms. The summed E-state index contributed by atoms with van der Waals surface area (Å²) in [6, 6.07) is 0. The average molecular weight is 284 g/mol. The second kappa shape index (κ2) is 18.9. The van der Waals surface area contributed by atoms with Gasteiger partial charge in [0.05, 0.1) is 0 Å². The number of hydrogen-bond acceptors (Lipinski definition) is 6. The van der Waals surface area contributed by atoms with Gasteiger partial charge >= 0.3 is 25.4 Å². The fourth-order valence-corrected chi connectivity index (χ4v) is 1.03. The molecular formula is C2H8O8P4+2. The first kappa shape index (κ1) is 19.8. The smallest absolute Gasteiger partial charge is 0.491 e. The Hall–Kier alpha value is 0.270. The summed E-state index contributed by atoms with van der Waals surface area (Å²) in [5, 5.41) is 0. The topological polar surface area (TPSA) is 155 Å². The third kappa shape index (κ3) is 56.1. The Labute approximate surface area is 84.3 Å². The highest BCUT2D eigenvalue weighted by molar-refractivity contribution is 7.50. The van der Waals surface area contributed by atoms with Crippen LogP contribution in [0.5, 0.6) is 0 Å². The predicted octanol–water partition coefficient (Wildman–Crippen LogP) is -0.308. The van der Waals surface area contributed by atoms with Gasteiger partial charge in [-0.05, 0) is 9.13 Å². The van der Waals surface area contributed by atoms with Crippen molar-refractivity contribution in [3.63, 3.8) is 0 Å². The molecule has 0 amide bonds. The summed E-state index contributed by atoms with van der Waals surface area (Å²) in [5.41, 5.74) is 0. The molecule has 0 saturated carbocycles. The lowest BCUT2D eigenvalue weighted by molar-refractivity contribution is -0.161. The number of hydrogen-bond donors (Lipinski definition) is 4. The van der Waals surface area contributed by atoms with E-state index in [-0.39, 0.29) is 0 Å². The summed E-state index contributed by atoms with van der Waals surface area (Å²) < 4.78 is 26.7. The highest BCUT2D eigenvalue weighted by Crippen LogP contribution is 2.27. The second-order valence-electron chi connectivity index (χ2n) is 1.09. The summed E-state index contributed by atoms with van der Waals surface area (Å²) in [6.45, 7) is 0. The molecule has 0 aliphatic rings. The van der Waals surface area contributed by atoms with Crippen molar-refractivity contribution in [3.8, 4) is 0 Å². The third-order valence-electron chi connectivity index (χ3n) is 0.322. The van der Waals surface area contributed by atoms with Crippen LogP contribution >= 0.6 is 33.8 Å². The second-order valence-corrected chi connectivity index (χ2v) is 3.26. The molecule has 0 radical (unpaired) electrons. The summed E-state index contributed by atoms with van der Waals surface area (Å²) in [7, 11) is -7.15. The van der Waals surface area contributed by atoms with Gasteiger partial charge < -0.3 is 14.7 Å². The molecule has 0 aromatic rings. The fraction of sp³-hybridized carbons (Fsp3) is 0. The van der Waals surface area contributed by atoms with Crippen LogP contribution in [0.25, 0.3) is 0 Å². The highest BCUT2D eigenvalue weighted by atomic mass is 31.2. The normalized spacial score (nSPS) is 10.6. The van der Waals surface area contributed by atoms with Gasteiger partial charge in [0.1, 0.15) is 0 Å². The molecule has 8 nitrogen and oxygen atoms in total. The first-order valence-electron chi connectivity index (χ1n) is 2.47. The van der Waals surface area contributed by atoms with E-state index in [9.17, 15) is 9.46 Å². The maximum Gasteiger partial charge on any atom is 0.491 e. The van der Waals surface area contributed by atoms with Crippen molar-refractivity contribution in [2.24, 2.45) is 0 Å². The summed E-state index contributed by atoms with van der Waals surface area (Å²) in [4.78, 5) is 39.9. The van der Waals surface area contributed by atoms with Gasteiger partial charge in [-0.1, -0.05) is 4.57 Å². The van der Waals surface area contributed by atoms with E-state index in [1.54, 1.807) is 0 Å². The van der Waals surface area contributed by atoms with Crippen LogP contribution in [0.2, 0.25) is 0 Å². The minimum Gasteiger partial charge on any atom is -0.591 e. The van der Waals surface area contributed by atoms with Crippen molar-refractivity contribution < 1.29 is 38.2 Å². The summed E-state index contributed by atoms with van der Waals surface area (Å²) in [5.74, 6) is 1.54. The highest BCUT2D eigenvalue weighted by Gasteiger charge is 1.93. The monoisotopic (exact) mass is 284 g/mol. The lowest BCUT2D eigenvalue weighted by Gasteiger charge is -1.84. The van der Waals surface area contributed by atoms with Gasteiger partial charge in [-0.25, -0.2) is 0 Å². The Bertz CT molecular complexity index is 172. The zero-order chi connectivity index (χ0) is 12.0. The zero-order valence-electron chi connectivity index (χ0n) is 6.47. The van der Waals surface area contributed by atoms with Crippen molar-refractivity contribution in [1.29, 1.82) is 0 Å². The first-order chi connectivity index (χ1) is 6.45. The van der Waals surface area contributed by atoms with Gasteiger partial charge in [0.15, 0.2) is 14.2 Å². The van der Waals surface area contributed by atoms with Crippen LogP contribution in [0.15, 0.2) is 11.6 Å². The molecule has 0 aromatic carbocycles. The molecule has 3 atom stereocenters. The molecule has 0 aromatic heterocycles. The number of rotatable bonds is 2. The largest absolute Gasteiger partial charge is 0.591 e. The molecule has 0 saturated heterocycles. The van der Waals surface area contributed by atoms with Crippen LogP contribution in [0, 0.1) is 0 Å². The summed E-state index contributed by atoms with van der Waals surface area (Å²) in [6.07, 6.45) is 0. The molecular weight excluding hydrogens is 276 g/mol. The van der Waals surface area contributed by atoms with Gasteiger partial charge in [-0.3, -0.25) is 0 Å². The van der Waals surface area contributed by atoms with Crippen LogP contribution in [0.4, 0.5) is 0 Å². The maximum absolute atomic E-state index is 9.64. The molecule has 82 valence electrons. The van der Waals surface area contributed by atoms with Gasteiger partial charge in [0.2, 0.25) is 0 Å². The van der Waals surface area contributed by atoms with E-state index in [4.69, 9.17) is 28.7 Å². The van der Waals surface area contributed by atoms with Crippen LogP contribution in [0.3, 0.4) is 0 Å². The minimum absolute atomic E-state index is 0.723. The Morgan fingerprint density at radius 2 is 1.50 bits per heavy atom. The average Bonchev–Trinajstić information content (AvgIpc) is 2.04. The lowest BCUT2D eigenvalue weighted by atomic mass is 11.3. The SMILES string of the molecule is O=[P+]([O-])C=CP(O)O.O=[PH+]O.O=[PH+]O. The van der Waals surface area contributed by atoms with Crippen molar-refractivity contribution in [3.05, 3.63) is 11.6 Å². The minimum atomic E-state index is -2.62. The third-order valence-corrected chi connectivity index (χ3v) is 1.37. The quantitative estimate of drug-likeness (QED) is 0.503. The maximum atomic E-state index is 9.64. The van der Waals surface area contributed by atoms with E-state index >= 15 is 0 Å². The summed E-state index contributed by atoms with van der Waals surface area (Å²) >= 11 is 0. The van der Waals surface area contributed by atoms with E-state index < -0.39 is 33.8 Å². The van der Waals surface area contributed by atoms with Crippen molar-refractivity contribution in [2.45, 2.75) is 0 Å².